The first-order valence-corrected chi connectivity index (χ1v) is 15.0. The van der Waals surface area contributed by atoms with E-state index in [0.717, 1.165) is 55.3 Å². The number of esters is 1. The molecule has 0 aliphatic heterocycles. The number of fused-ring (bicyclic) bond motifs is 7. The fourth-order valence-corrected chi connectivity index (χ4v) is 10.5. The molecule has 35 heavy (non-hydrogen) atoms. The van der Waals surface area contributed by atoms with Crippen LogP contribution in [0.25, 0.3) is 0 Å². The van der Waals surface area contributed by atoms with Crippen LogP contribution >= 0.6 is 0 Å². The Labute approximate surface area is 213 Å². The molecule has 0 unspecified atom stereocenters. The average molecular weight is 481 g/mol. The Morgan fingerprint density at radius 3 is 2.80 bits per heavy atom. The second kappa shape index (κ2) is 9.03. The Kier molecular flexibility index (Phi) is 6.26. The van der Waals surface area contributed by atoms with E-state index in [4.69, 9.17) is 4.74 Å². The van der Waals surface area contributed by atoms with Crippen LogP contribution < -0.4 is 0 Å². The molecule has 0 amide bonds. The Morgan fingerprint density at radius 2 is 1.97 bits per heavy atom. The molecular weight excluding hydrogens is 432 g/mol. The summed E-state index contributed by atoms with van der Waals surface area (Å²) >= 11 is 0. The molecule has 3 nitrogen and oxygen atoms in total. The van der Waals surface area contributed by atoms with Crippen LogP contribution in [-0.4, -0.2) is 23.3 Å². The van der Waals surface area contributed by atoms with Gasteiger partial charge in [0.15, 0.2) is 0 Å². The van der Waals surface area contributed by atoms with E-state index < -0.39 is 0 Å². The summed E-state index contributed by atoms with van der Waals surface area (Å²) in [6.07, 6.45) is 21.9. The maximum atomic E-state index is 12.8. The van der Waals surface area contributed by atoms with Gasteiger partial charge < -0.3 is 9.84 Å². The van der Waals surface area contributed by atoms with Gasteiger partial charge >= 0.3 is 5.97 Å². The third-order valence-corrected chi connectivity index (χ3v) is 12.4. The van der Waals surface area contributed by atoms with Crippen LogP contribution in [0, 0.1) is 52.3 Å². The summed E-state index contributed by atoms with van der Waals surface area (Å²) in [4.78, 5) is 12.8. The summed E-state index contributed by atoms with van der Waals surface area (Å²) in [5, 5.41) is 10.3. The number of aliphatic hydroxyl groups excluding tert-OH is 1. The van der Waals surface area contributed by atoms with Crippen molar-refractivity contribution in [2.45, 2.75) is 116 Å². The average Bonchev–Trinajstić information content (AvgIpc) is 3.33. The Morgan fingerprint density at radius 1 is 1.11 bits per heavy atom. The summed E-state index contributed by atoms with van der Waals surface area (Å²) in [7, 11) is 0. The van der Waals surface area contributed by atoms with Crippen molar-refractivity contribution in [2.75, 3.05) is 0 Å². The molecule has 0 heterocycles. The molecule has 11 atom stereocenters. The zero-order valence-electron chi connectivity index (χ0n) is 22.4. The van der Waals surface area contributed by atoms with Gasteiger partial charge in [-0.2, -0.15) is 0 Å². The van der Waals surface area contributed by atoms with Gasteiger partial charge in [0.25, 0.3) is 0 Å². The summed E-state index contributed by atoms with van der Waals surface area (Å²) in [5.41, 5.74) is 2.32. The lowest BCUT2D eigenvalue weighted by molar-refractivity contribution is -0.150. The number of aliphatic hydroxyl groups is 1. The van der Waals surface area contributed by atoms with Gasteiger partial charge in [0.1, 0.15) is 6.10 Å². The third-order valence-electron chi connectivity index (χ3n) is 12.4. The fourth-order valence-electron chi connectivity index (χ4n) is 10.5. The highest BCUT2D eigenvalue weighted by Gasteiger charge is 2.59. The van der Waals surface area contributed by atoms with Gasteiger partial charge in [-0.05, 0) is 123 Å². The Bertz CT molecular complexity index is 889. The van der Waals surface area contributed by atoms with Crippen molar-refractivity contribution in [2.24, 2.45) is 52.3 Å². The van der Waals surface area contributed by atoms with E-state index in [-0.39, 0.29) is 18.2 Å². The predicted molar refractivity (Wildman–Crippen MR) is 139 cm³/mol. The van der Waals surface area contributed by atoms with Crippen LogP contribution in [-0.2, 0) is 9.53 Å². The van der Waals surface area contributed by atoms with Crippen molar-refractivity contribution in [3.8, 4) is 0 Å². The van der Waals surface area contributed by atoms with Gasteiger partial charge in [-0.1, -0.05) is 44.6 Å². The zero-order valence-corrected chi connectivity index (χ0v) is 22.4. The summed E-state index contributed by atoms with van der Waals surface area (Å²) in [6, 6.07) is 0. The molecule has 3 heteroatoms. The molecule has 6 aliphatic rings. The largest absolute Gasteiger partial charge is 0.462 e. The fraction of sp³-hybridized carbons (Fsp3) is 0.844. The molecule has 0 aromatic rings. The van der Waals surface area contributed by atoms with Crippen molar-refractivity contribution < 1.29 is 14.6 Å². The number of hydrogen-bond donors (Lipinski definition) is 1. The van der Waals surface area contributed by atoms with Gasteiger partial charge in [0, 0.05) is 12.3 Å². The molecule has 1 N–H and O–H groups in total. The number of hydrogen-bond acceptors (Lipinski definition) is 3. The molecule has 0 aromatic heterocycles. The van der Waals surface area contributed by atoms with Crippen molar-refractivity contribution >= 4 is 5.97 Å². The lowest BCUT2D eigenvalue weighted by Gasteiger charge is -2.58. The van der Waals surface area contributed by atoms with Gasteiger partial charge in [0.2, 0.25) is 0 Å². The topological polar surface area (TPSA) is 46.5 Å². The third kappa shape index (κ3) is 4.07. The molecule has 0 saturated heterocycles. The molecule has 4 saturated carbocycles. The molecule has 194 valence electrons. The van der Waals surface area contributed by atoms with Gasteiger partial charge in [0.05, 0.1) is 6.10 Å². The monoisotopic (exact) mass is 480 g/mol. The minimum Gasteiger partial charge on any atom is -0.462 e. The van der Waals surface area contributed by atoms with E-state index in [1.807, 2.05) is 0 Å². The Balaban J connectivity index is 1.08. The molecule has 4 fully saturated rings. The number of allylic oxidation sites excluding steroid dienone is 2. The maximum Gasteiger partial charge on any atom is 0.306 e. The molecule has 6 rings (SSSR count). The van der Waals surface area contributed by atoms with Gasteiger partial charge in [-0.25, -0.2) is 0 Å². The number of ether oxygens (including phenoxy) is 1. The quantitative estimate of drug-likeness (QED) is 0.333. The molecule has 0 spiro atoms. The standard InChI is InChI=1S/C32H48O3/c1-20(7-12-30(34)35-29-18-21-5-4-6-22(29)17-21)26-10-11-27-25-9-8-23-19-24(33)13-15-31(23,2)28(25)14-16-32(26,27)3/h4,6,8,20-22,24-29,33H,5,7,9-19H2,1-3H3/t20-,21-,22-,24-,25+,26-,27+,28+,29+,31-,32+/m0/s1. The zero-order chi connectivity index (χ0) is 24.4. The van der Waals surface area contributed by atoms with E-state index in [1.54, 1.807) is 5.57 Å². The van der Waals surface area contributed by atoms with Gasteiger partial charge in [-0.3, -0.25) is 4.79 Å². The first-order chi connectivity index (χ1) is 16.8. The lowest BCUT2D eigenvalue weighted by atomic mass is 9.47. The molecule has 2 bridgehead atoms. The van der Waals surface area contributed by atoms with Crippen molar-refractivity contribution in [3.63, 3.8) is 0 Å². The summed E-state index contributed by atoms with van der Waals surface area (Å²) < 4.78 is 6.00. The molecule has 6 aliphatic carbocycles. The lowest BCUT2D eigenvalue weighted by Crippen LogP contribution is -2.50. The Hall–Kier alpha value is -1.09. The second-order valence-electron chi connectivity index (χ2n) is 14.1. The van der Waals surface area contributed by atoms with E-state index in [0.29, 0.717) is 29.1 Å². The highest BCUT2D eigenvalue weighted by molar-refractivity contribution is 5.69. The number of rotatable bonds is 5. The summed E-state index contributed by atoms with van der Waals surface area (Å²) in [5.74, 6) is 5.02. The highest BCUT2D eigenvalue weighted by atomic mass is 16.5. The minimum atomic E-state index is -0.118. The van der Waals surface area contributed by atoms with Crippen LogP contribution in [0.3, 0.4) is 0 Å². The van der Waals surface area contributed by atoms with E-state index in [1.165, 1.54) is 51.4 Å². The van der Waals surface area contributed by atoms with Crippen LogP contribution in [0.2, 0.25) is 0 Å². The van der Waals surface area contributed by atoms with Crippen LogP contribution in [0.5, 0.6) is 0 Å². The summed E-state index contributed by atoms with van der Waals surface area (Å²) in [6.45, 7) is 7.56. The second-order valence-corrected chi connectivity index (χ2v) is 14.1. The molecule has 0 aromatic carbocycles. The van der Waals surface area contributed by atoms with Crippen molar-refractivity contribution in [1.29, 1.82) is 0 Å². The number of carbonyl (C=O) groups excluding carboxylic acids is 1. The minimum absolute atomic E-state index is 0.0450. The molecular formula is C32H48O3. The molecule has 0 radical (unpaired) electrons. The van der Waals surface area contributed by atoms with Crippen molar-refractivity contribution in [1.82, 2.24) is 0 Å². The first kappa shape index (κ1) is 24.3. The smallest absolute Gasteiger partial charge is 0.306 e. The maximum absolute atomic E-state index is 12.8. The predicted octanol–water partition coefficient (Wildman–Crippen LogP) is 7.24. The van der Waals surface area contributed by atoms with E-state index in [9.17, 15) is 9.90 Å². The SMILES string of the molecule is C[C@@H](CCC(=O)O[C@@H]1C[C@H]2CC=C[C@H]1C2)[C@@H]1CC[C@@H]2[C@H]3CC=C4C[C@@H](O)CC[C@]4(C)[C@@H]3CC[C@@]21C. The van der Waals surface area contributed by atoms with E-state index in [2.05, 4.69) is 39.0 Å². The van der Waals surface area contributed by atoms with Crippen molar-refractivity contribution in [3.05, 3.63) is 23.8 Å². The number of carbonyl (C=O) groups is 1. The van der Waals surface area contributed by atoms with Crippen LogP contribution in [0.4, 0.5) is 0 Å². The first-order valence-electron chi connectivity index (χ1n) is 15.0. The normalized spacial score (nSPS) is 49.0. The van der Waals surface area contributed by atoms with Gasteiger partial charge in [-0.15, -0.1) is 0 Å². The van der Waals surface area contributed by atoms with Crippen LogP contribution in [0.15, 0.2) is 23.8 Å². The van der Waals surface area contributed by atoms with Crippen LogP contribution in [0.1, 0.15) is 104 Å². The highest BCUT2D eigenvalue weighted by Crippen LogP contribution is 2.67. The van der Waals surface area contributed by atoms with E-state index >= 15 is 0 Å².